The molecule has 4 nitrogen and oxygen atoms in total. The molecule has 0 bridgehead atoms. The van der Waals surface area contributed by atoms with Crippen molar-refractivity contribution >= 4 is 5.91 Å². The fourth-order valence-electron chi connectivity index (χ4n) is 1.80. The van der Waals surface area contributed by atoms with Crippen molar-refractivity contribution in [2.24, 2.45) is 5.73 Å². The number of carbonyl (C=O) groups is 1. The standard InChI is InChI=1S/C15H17N3O/c16-14(13-4-2-1-3-5-13)15(19)18-11-8-12-6-9-17-10-7-12/h1-7,9-10,14H,8,11,16H2,(H,18,19)/t14-/m0/s1. The van der Waals surface area contributed by atoms with Crippen LogP contribution in [0, 0.1) is 0 Å². The minimum Gasteiger partial charge on any atom is -0.354 e. The van der Waals surface area contributed by atoms with Crippen LogP contribution in [0.5, 0.6) is 0 Å². The average Bonchev–Trinajstić information content (AvgIpc) is 2.48. The lowest BCUT2D eigenvalue weighted by Gasteiger charge is -2.12. The average molecular weight is 255 g/mol. The molecule has 2 aromatic rings. The Kier molecular flexibility index (Phi) is 4.64. The Morgan fingerprint density at radius 1 is 1.16 bits per heavy atom. The van der Waals surface area contributed by atoms with Gasteiger partial charge in [-0.25, -0.2) is 0 Å². The summed E-state index contributed by atoms with van der Waals surface area (Å²) in [6, 6.07) is 12.6. The van der Waals surface area contributed by atoms with Crippen LogP contribution in [0.25, 0.3) is 0 Å². The molecular weight excluding hydrogens is 238 g/mol. The third-order valence-corrected chi connectivity index (χ3v) is 2.90. The largest absolute Gasteiger partial charge is 0.354 e. The Bertz CT molecular complexity index is 513. The molecule has 19 heavy (non-hydrogen) atoms. The number of amides is 1. The second kappa shape index (κ2) is 6.66. The molecule has 0 saturated carbocycles. The molecule has 0 spiro atoms. The van der Waals surface area contributed by atoms with Crippen molar-refractivity contribution in [3.8, 4) is 0 Å². The molecule has 4 heteroatoms. The van der Waals surface area contributed by atoms with E-state index in [9.17, 15) is 4.79 Å². The summed E-state index contributed by atoms with van der Waals surface area (Å²) >= 11 is 0. The van der Waals surface area contributed by atoms with E-state index in [1.165, 1.54) is 0 Å². The van der Waals surface area contributed by atoms with Crippen molar-refractivity contribution in [1.82, 2.24) is 10.3 Å². The highest BCUT2D eigenvalue weighted by Crippen LogP contribution is 2.09. The highest BCUT2D eigenvalue weighted by molar-refractivity contribution is 5.82. The van der Waals surface area contributed by atoms with Gasteiger partial charge in [-0.1, -0.05) is 30.3 Å². The van der Waals surface area contributed by atoms with E-state index in [0.717, 1.165) is 17.5 Å². The first-order valence-electron chi connectivity index (χ1n) is 6.24. The molecule has 0 unspecified atom stereocenters. The van der Waals surface area contributed by atoms with Gasteiger partial charge in [-0.15, -0.1) is 0 Å². The third kappa shape index (κ3) is 3.89. The van der Waals surface area contributed by atoms with Gasteiger partial charge in [0, 0.05) is 18.9 Å². The van der Waals surface area contributed by atoms with Crippen LogP contribution in [0.2, 0.25) is 0 Å². The zero-order valence-electron chi connectivity index (χ0n) is 10.6. The zero-order chi connectivity index (χ0) is 13.5. The number of carbonyl (C=O) groups excluding carboxylic acids is 1. The first kappa shape index (κ1) is 13.2. The van der Waals surface area contributed by atoms with Gasteiger partial charge in [-0.2, -0.15) is 0 Å². The summed E-state index contributed by atoms with van der Waals surface area (Å²) in [5.41, 5.74) is 7.86. The van der Waals surface area contributed by atoms with E-state index in [0.29, 0.717) is 6.54 Å². The number of rotatable bonds is 5. The van der Waals surface area contributed by atoms with Gasteiger partial charge < -0.3 is 11.1 Å². The Labute approximate surface area is 112 Å². The minimum absolute atomic E-state index is 0.153. The Balaban J connectivity index is 1.82. The van der Waals surface area contributed by atoms with Crippen LogP contribution >= 0.6 is 0 Å². The van der Waals surface area contributed by atoms with Crippen molar-refractivity contribution in [1.29, 1.82) is 0 Å². The Morgan fingerprint density at radius 2 is 1.84 bits per heavy atom. The molecule has 0 radical (unpaired) electrons. The predicted octanol–water partition coefficient (Wildman–Crippen LogP) is 1.44. The maximum atomic E-state index is 11.9. The summed E-state index contributed by atoms with van der Waals surface area (Å²) in [6.45, 7) is 0.573. The predicted molar refractivity (Wildman–Crippen MR) is 74.3 cm³/mol. The first-order valence-corrected chi connectivity index (χ1v) is 6.24. The van der Waals surface area contributed by atoms with Crippen LogP contribution in [-0.4, -0.2) is 17.4 Å². The SMILES string of the molecule is N[C@H](C(=O)NCCc1ccncc1)c1ccccc1. The van der Waals surface area contributed by atoms with Gasteiger partial charge in [0.05, 0.1) is 0 Å². The third-order valence-electron chi connectivity index (χ3n) is 2.90. The van der Waals surface area contributed by atoms with Crippen molar-refractivity contribution in [2.75, 3.05) is 6.54 Å². The van der Waals surface area contributed by atoms with E-state index < -0.39 is 6.04 Å². The fraction of sp³-hybridized carbons (Fsp3) is 0.200. The van der Waals surface area contributed by atoms with Crippen LogP contribution < -0.4 is 11.1 Å². The van der Waals surface area contributed by atoms with Crippen LogP contribution in [-0.2, 0) is 11.2 Å². The normalized spacial score (nSPS) is 11.8. The highest BCUT2D eigenvalue weighted by atomic mass is 16.2. The van der Waals surface area contributed by atoms with Gasteiger partial charge in [-0.05, 0) is 29.7 Å². The number of pyridine rings is 1. The van der Waals surface area contributed by atoms with Gasteiger partial charge in [0.25, 0.3) is 0 Å². The lowest BCUT2D eigenvalue weighted by Crippen LogP contribution is -2.35. The van der Waals surface area contributed by atoms with Crippen LogP contribution in [0.1, 0.15) is 17.2 Å². The molecule has 0 aliphatic carbocycles. The van der Waals surface area contributed by atoms with Gasteiger partial charge in [0.1, 0.15) is 6.04 Å². The molecular formula is C15H17N3O. The van der Waals surface area contributed by atoms with E-state index in [-0.39, 0.29) is 5.91 Å². The first-order chi connectivity index (χ1) is 9.27. The van der Waals surface area contributed by atoms with Gasteiger partial charge in [-0.3, -0.25) is 9.78 Å². The van der Waals surface area contributed by atoms with Gasteiger partial charge >= 0.3 is 0 Å². The number of aromatic nitrogens is 1. The quantitative estimate of drug-likeness (QED) is 0.849. The summed E-state index contributed by atoms with van der Waals surface area (Å²) in [5, 5.41) is 2.85. The fourth-order valence-corrected chi connectivity index (χ4v) is 1.80. The summed E-state index contributed by atoms with van der Waals surface area (Å²) in [6.07, 6.45) is 4.26. The second-order valence-electron chi connectivity index (χ2n) is 4.28. The monoisotopic (exact) mass is 255 g/mol. The van der Waals surface area contributed by atoms with Crippen LogP contribution in [0.15, 0.2) is 54.9 Å². The smallest absolute Gasteiger partial charge is 0.241 e. The van der Waals surface area contributed by atoms with Crippen LogP contribution in [0.4, 0.5) is 0 Å². The molecule has 1 aromatic heterocycles. The van der Waals surface area contributed by atoms with Gasteiger partial charge in [0.15, 0.2) is 0 Å². The lowest BCUT2D eigenvalue weighted by molar-refractivity contribution is -0.122. The molecule has 98 valence electrons. The molecule has 0 aliphatic rings. The number of hydrogen-bond donors (Lipinski definition) is 2. The minimum atomic E-state index is -0.612. The number of nitrogens with two attached hydrogens (primary N) is 1. The maximum absolute atomic E-state index is 11.9. The molecule has 1 aromatic carbocycles. The number of benzene rings is 1. The summed E-state index contributed by atoms with van der Waals surface area (Å²) in [5.74, 6) is -0.153. The van der Waals surface area contributed by atoms with E-state index in [2.05, 4.69) is 10.3 Å². The molecule has 1 heterocycles. The van der Waals surface area contributed by atoms with E-state index in [4.69, 9.17) is 5.73 Å². The Morgan fingerprint density at radius 3 is 2.53 bits per heavy atom. The molecule has 1 atom stereocenters. The Hall–Kier alpha value is -2.20. The molecule has 3 N–H and O–H groups in total. The molecule has 0 aliphatic heterocycles. The van der Waals surface area contributed by atoms with Crippen molar-refractivity contribution < 1.29 is 4.79 Å². The number of nitrogens with one attached hydrogen (secondary N) is 1. The zero-order valence-corrected chi connectivity index (χ0v) is 10.6. The summed E-state index contributed by atoms with van der Waals surface area (Å²) in [4.78, 5) is 15.8. The lowest BCUT2D eigenvalue weighted by atomic mass is 10.1. The van der Waals surface area contributed by atoms with Crippen molar-refractivity contribution in [2.45, 2.75) is 12.5 Å². The number of nitrogens with zero attached hydrogens (tertiary/aromatic N) is 1. The number of hydrogen-bond acceptors (Lipinski definition) is 3. The van der Waals surface area contributed by atoms with Crippen LogP contribution in [0.3, 0.4) is 0 Å². The molecule has 0 saturated heterocycles. The van der Waals surface area contributed by atoms with Crippen molar-refractivity contribution in [3.63, 3.8) is 0 Å². The second-order valence-corrected chi connectivity index (χ2v) is 4.28. The van der Waals surface area contributed by atoms with E-state index in [1.54, 1.807) is 12.4 Å². The maximum Gasteiger partial charge on any atom is 0.241 e. The molecule has 2 rings (SSSR count). The van der Waals surface area contributed by atoms with E-state index >= 15 is 0 Å². The van der Waals surface area contributed by atoms with E-state index in [1.807, 2.05) is 42.5 Å². The molecule has 0 fully saturated rings. The summed E-state index contributed by atoms with van der Waals surface area (Å²) < 4.78 is 0. The van der Waals surface area contributed by atoms with Crippen molar-refractivity contribution in [3.05, 3.63) is 66.0 Å². The topological polar surface area (TPSA) is 68.0 Å². The summed E-state index contributed by atoms with van der Waals surface area (Å²) in [7, 11) is 0. The molecule has 1 amide bonds. The van der Waals surface area contributed by atoms with Gasteiger partial charge in [0.2, 0.25) is 5.91 Å². The highest BCUT2D eigenvalue weighted by Gasteiger charge is 2.14.